The van der Waals surface area contributed by atoms with Crippen LogP contribution in [0.15, 0.2) is 34.9 Å². The average Bonchev–Trinajstić information content (AvgIpc) is 2.83. The zero-order valence-corrected chi connectivity index (χ0v) is 10.6. The van der Waals surface area contributed by atoms with Gasteiger partial charge in [0.05, 0.1) is 12.1 Å². The van der Waals surface area contributed by atoms with E-state index in [-0.39, 0.29) is 13.0 Å². The Morgan fingerprint density at radius 3 is 3.05 bits per heavy atom. The van der Waals surface area contributed by atoms with Gasteiger partial charge in [0, 0.05) is 0 Å². The van der Waals surface area contributed by atoms with Gasteiger partial charge in [-0.05, 0) is 24.1 Å². The van der Waals surface area contributed by atoms with Crippen molar-refractivity contribution in [1.82, 2.24) is 4.98 Å². The lowest BCUT2D eigenvalue weighted by molar-refractivity contribution is -0.136. The van der Waals surface area contributed by atoms with Crippen LogP contribution in [0.1, 0.15) is 24.1 Å². The molecule has 100 valence electrons. The molecule has 0 saturated carbocycles. The van der Waals surface area contributed by atoms with Crippen LogP contribution in [0.2, 0.25) is 0 Å². The highest BCUT2D eigenvalue weighted by atomic mass is 16.5. The van der Waals surface area contributed by atoms with Crippen LogP contribution in [0, 0.1) is 0 Å². The summed E-state index contributed by atoms with van der Waals surface area (Å²) in [7, 11) is 0. The minimum atomic E-state index is -0.934. The van der Waals surface area contributed by atoms with E-state index in [1.807, 2.05) is 24.3 Å². The van der Waals surface area contributed by atoms with Crippen LogP contribution in [0.3, 0.4) is 0 Å². The summed E-state index contributed by atoms with van der Waals surface area (Å²) in [5, 5.41) is 8.63. The summed E-state index contributed by atoms with van der Waals surface area (Å²) in [6, 6.07) is 7.78. The van der Waals surface area contributed by atoms with Gasteiger partial charge in [-0.2, -0.15) is 0 Å². The molecule has 5 heteroatoms. The number of benzene rings is 1. The molecule has 2 aromatic rings. The van der Waals surface area contributed by atoms with Crippen LogP contribution in [0.5, 0.6) is 5.75 Å². The van der Waals surface area contributed by atoms with Gasteiger partial charge in [-0.15, -0.1) is 0 Å². The van der Waals surface area contributed by atoms with E-state index in [1.165, 1.54) is 11.8 Å². The van der Waals surface area contributed by atoms with Crippen LogP contribution >= 0.6 is 0 Å². The molecule has 2 rings (SSSR count). The third kappa shape index (κ3) is 3.84. The first-order valence-corrected chi connectivity index (χ1v) is 6.04. The van der Waals surface area contributed by atoms with Gasteiger partial charge in [-0.25, -0.2) is 4.98 Å². The number of oxazole rings is 1. The van der Waals surface area contributed by atoms with Crippen LogP contribution in [-0.2, 0) is 24.2 Å². The monoisotopic (exact) mass is 261 g/mol. The number of aryl methyl sites for hydroxylation is 1. The standard InChI is InChI=1S/C14H15NO4/c1-2-10-4-3-5-12(6-10)18-9-13-15-11(8-19-13)7-14(16)17/h3-6,8H,2,7,9H2,1H3,(H,16,17). The molecule has 1 N–H and O–H groups in total. The van der Waals surface area contributed by atoms with Crippen molar-refractivity contribution < 1.29 is 19.1 Å². The van der Waals surface area contributed by atoms with Gasteiger partial charge in [0.25, 0.3) is 0 Å². The van der Waals surface area contributed by atoms with Crippen molar-refractivity contribution in [2.24, 2.45) is 0 Å². The van der Waals surface area contributed by atoms with Crippen molar-refractivity contribution in [2.75, 3.05) is 0 Å². The fourth-order valence-electron chi connectivity index (χ4n) is 1.65. The molecule has 0 radical (unpaired) electrons. The second-order valence-electron chi connectivity index (χ2n) is 4.09. The Labute approximate surface area is 110 Å². The van der Waals surface area contributed by atoms with Crippen LogP contribution in [-0.4, -0.2) is 16.1 Å². The molecule has 1 heterocycles. The maximum atomic E-state index is 10.5. The number of aromatic nitrogens is 1. The second kappa shape index (κ2) is 6.04. The summed E-state index contributed by atoms with van der Waals surface area (Å²) >= 11 is 0. The fraction of sp³-hybridized carbons (Fsp3) is 0.286. The van der Waals surface area contributed by atoms with Gasteiger partial charge in [0.1, 0.15) is 12.0 Å². The van der Waals surface area contributed by atoms with E-state index >= 15 is 0 Å². The minimum Gasteiger partial charge on any atom is -0.484 e. The average molecular weight is 261 g/mol. The van der Waals surface area contributed by atoms with E-state index in [0.717, 1.165) is 12.2 Å². The summed E-state index contributed by atoms with van der Waals surface area (Å²) in [6.07, 6.45) is 2.14. The topological polar surface area (TPSA) is 72.6 Å². The second-order valence-corrected chi connectivity index (χ2v) is 4.09. The number of rotatable bonds is 6. The number of hydrogen-bond acceptors (Lipinski definition) is 4. The molecule has 0 aliphatic carbocycles. The third-order valence-electron chi connectivity index (χ3n) is 2.60. The molecule has 0 aliphatic rings. The number of aliphatic carboxylic acids is 1. The molecule has 19 heavy (non-hydrogen) atoms. The Morgan fingerprint density at radius 1 is 1.47 bits per heavy atom. The minimum absolute atomic E-state index is 0.144. The van der Waals surface area contributed by atoms with Crippen molar-refractivity contribution in [2.45, 2.75) is 26.4 Å². The zero-order chi connectivity index (χ0) is 13.7. The molecule has 0 fully saturated rings. The smallest absolute Gasteiger partial charge is 0.309 e. The molecule has 5 nitrogen and oxygen atoms in total. The number of carboxylic acid groups (broad SMARTS) is 1. The highest BCUT2D eigenvalue weighted by molar-refractivity contribution is 5.69. The van der Waals surface area contributed by atoms with E-state index in [9.17, 15) is 4.79 Å². The fourth-order valence-corrected chi connectivity index (χ4v) is 1.65. The van der Waals surface area contributed by atoms with Gasteiger partial charge in [-0.1, -0.05) is 19.1 Å². The number of nitrogens with zero attached hydrogens (tertiary/aromatic N) is 1. The molecule has 0 amide bonds. The van der Waals surface area contributed by atoms with Crippen LogP contribution in [0.4, 0.5) is 0 Å². The van der Waals surface area contributed by atoms with Crippen molar-refractivity contribution in [1.29, 1.82) is 0 Å². The first-order valence-electron chi connectivity index (χ1n) is 6.04. The van der Waals surface area contributed by atoms with Gasteiger partial charge >= 0.3 is 5.97 Å². The highest BCUT2D eigenvalue weighted by Crippen LogP contribution is 2.15. The number of ether oxygens (including phenoxy) is 1. The van der Waals surface area contributed by atoms with E-state index < -0.39 is 5.97 Å². The quantitative estimate of drug-likeness (QED) is 0.864. The third-order valence-corrected chi connectivity index (χ3v) is 2.60. The van der Waals surface area contributed by atoms with Crippen molar-refractivity contribution in [3.63, 3.8) is 0 Å². The zero-order valence-electron chi connectivity index (χ0n) is 10.6. The maximum Gasteiger partial charge on any atom is 0.309 e. The van der Waals surface area contributed by atoms with E-state index in [2.05, 4.69) is 11.9 Å². The summed E-state index contributed by atoms with van der Waals surface area (Å²) in [5.74, 6) is 0.187. The Bertz CT molecular complexity index is 562. The molecule has 0 saturated heterocycles. The van der Waals surface area contributed by atoms with E-state index in [4.69, 9.17) is 14.3 Å². The van der Waals surface area contributed by atoms with Crippen molar-refractivity contribution in [3.8, 4) is 5.75 Å². The lowest BCUT2D eigenvalue weighted by Crippen LogP contribution is -2.01. The first kappa shape index (κ1) is 13.1. The lowest BCUT2D eigenvalue weighted by atomic mass is 10.2. The van der Waals surface area contributed by atoms with Gasteiger partial charge in [-0.3, -0.25) is 4.79 Å². The summed E-state index contributed by atoms with van der Waals surface area (Å²) < 4.78 is 10.7. The largest absolute Gasteiger partial charge is 0.484 e. The summed E-state index contributed by atoms with van der Waals surface area (Å²) in [4.78, 5) is 14.6. The highest BCUT2D eigenvalue weighted by Gasteiger charge is 2.08. The van der Waals surface area contributed by atoms with Crippen molar-refractivity contribution >= 4 is 5.97 Å². The van der Waals surface area contributed by atoms with Crippen LogP contribution in [0.25, 0.3) is 0 Å². The Morgan fingerprint density at radius 2 is 2.32 bits per heavy atom. The molecular formula is C14H15NO4. The Balaban J connectivity index is 1.94. The predicted octanol–water partition coefficient (Wildman–Crippen LogP) is 2.44. The number of carbonyl (C=O) groups is 1. The van der Waals surface area contributed by atoms with Crippen molar-refractivity contribution in [3.05, 3.63) is 47.7 Å². The predicted molar refractivity (Wildman–Crippen MR) is 68.0 cm³/mol. The maximum absolute atomic E-state index is 10.5. The number of carboxylic acids is 1. The lowest BCUT2D eigenvalue weighted by Gasteiger charge is -2.04. The molecule has 0 bridgehead atoms. The number of hydrogen-bond donors (Lipinski definition) is 1. The molecule has 0 atom stereocenters. The van der Waals surface area contributed by atoms with E-state index in [0.29, 0.717) is 11.6 Å². The summed E-state index contributed by atoms with van der Waals surface area (Å²) in [5.41, 5.74) is 1.59. The molecule has 0 unspecified atom stereocenters. The van der Waals surface area contributed by atoms with Gasteiger partial charge in [0.15, 0.2) is 6.61 Å². The van der Waals surface area contributed by atoms with Gasteiger partial charge < -0.3 is 14.3 Å². The van der Waals surface area contributed by atoms with E-state index in [1.54, 1.807) is 0 Å². The van der Waals surface area contributed by atoms with Gasteiger partial charge in [0.2, 0.25) is 5.89 Å². The molecular weight excluding hydrogens is 246 g/mol. The Kier molecular flexibility index (Phi) is 4.18. The molecule has 1 aromatic heterocycles. The first-order chi connectivity index (χ1) is 9.17. The van der Waals surface area contributed by atoms with Crippen LogP contribution < -0.4 is 4.74 Å². The molecule has 1 aromatic carbocycles. The molecule has 0 spiro atoms. The molecule has 0 aliphatic heterocycles. The normalized spacial score (nSPS) is 10.4. The SMILES string of the molecule is CCc1cccc(OCc2nc(CC(=O)O)co2)c1. The summed E-state index contributed by atoms with van der Waals surface area (Å²) in [6.45, 7) is 2.26. The Hall–Kier alpha value is -2.30.